The fraction of sp³-hybridized carbons (Fsp3) is 0.0909. The van der Waals surface area contributed by atoms with E-state index in [0.717, 1.165) is 28.0 Å². The van der Waals surface area contributed by atoms with Crippen LogP contribution in [0, 0.1) is 0 Å². The molecule has 0 saturated carbocycles. The summed E-state index contributed by atoms with van der Waals surface area (Å²) in [6.07, 6.45) is 1.48. The third kappa shape index (κ3) is 5.86. The fourth-order valence-corrected chi connectivity index (χ4v) is 2.63. The molecular weight excluding hydrogens is 378 g/mol. The zero-order valence-corrected chi connectivity index (χ0v) is 15.7. The second-order valence-electron chi connectivity index (χ2n) is 5.97. The highest BCUT2D eigenvalue weighted by molar-refractivity contribution is 6.30. The Hall–Kier alpha value is -3.31. The van der Waals surface area contributed by atoms with Gasteiger partial charge in [0.25, 0.3) is 0 Å². The Labute approximate surface area is 167 Å². The molecule has 5 nitrogen and oxygen atoms in total. The number of carbonyl (C=O) groups is 1. The quantitative estimate of drug-likeness (QED) is 0.429. The summed E-state index contributed by atoms with van der Waals surface area (Å²) in [7, 11) is 0. The Morgan fingerprint density at radius 1 is 1.00 bits per heavy atom. The highest BCUT2D eigenvalue weighted by Gasteiger charge is 2.02. The van der Waals surface area contributed by atoms with Crippen molar-refractivity contribution in [1.29, 1.82) is 0 Å². The predicted molar refractivity (Wildman–Crippen MR) is 109 cm³/mol. The van der Waals surface area contributed by atoms with Crippen molar-refractivity contribution in [3.8, 4) is 16.9 Å². The number of nitrogens with zero attached hydrogens (tertiary/aromatic N) is 1. The summed E-state index contributed by atoms with van der Waals surface area (Å²) in [4.78, 5) is 15.1. The van der Waals surface area contributed by atoms with Crippen molar-refractivity contribution in [3.05, 3.63) is 88.9 Å². The Kier molecular flexibility index (Phi) is 6.65. The number of rotatable bonds is 8. The molecule has 0 amide bonds. The average molecular weight is 396 g/mol. The molecule has 0 aliphatic heterocycles. The third-order valence-electron chi connectivity index (χ3n) is 3.84. The number of aliphatic carboxylic acids is 1. The van der Waals surface area contributed by atoms with E-state index >= 15 is 0 Å². The molecule has 1 N–H and O–H groups in total. The molecule has 3 aromatic carbocycles. The maximum Gasteiger partial charge on any atom is 0.344 e. The highest BCUT2D eigenvalue weighted by atomic mass is 35.5. The minimum absolute atomic E-state index is 0.453. The molecule has 28 heavy (non-hydrogen) atoms. The van der Waals surface area contributed by atoms with Crippen LogP contribution >= 0.6 is 11.6 Å². The molecule has 0 aromatic heterocycles. The number of halogens is 1. The number of hydrogen-bond donors (Lipinski definition) is 1. The van der Waals surface area contributed by atoms with Gasteiger partial charge in [-0.25, -0.2) is 4.79 Å². The summed E-state index contributed by atoms with van der Waals surface area (Å²) < 4.78 is 5.88. The molecule has 0 aliphatic carbocycles. The molecule has 0 atom stereocenters. The Bertz CT molecular complexity index is 970. The van der Waals surface area contributed by atoms with Crippen LogP contribution in [-0.2, 0) is 16.2 Å². The van der Waals surface area contributed by atoms with Gasteiger partial charge < -0.3 is 14.7 Å². The van der Waals surface area contributed by atoms with Gasteiger partial charge in [0.2, 0.25) is 6.61 Å². The van der Waals surface area contributed by atoms with Gasteiger partial charge in [-0.1, -0.05) is 59.2 Å². The lowest BCUT2D eigenvalue weighted by atomic mass is 10.0. The van der Waals surface area contributed by atoms with Crippen LogP contribution in [-0.4, -0.2) is 23.9 Å². The van der Waals surface area contributed by atoms with Gasteiger partial charge in [-0.3, -0.25) is 0 Å². The summed E-state index contributed by atoms with van der Waals surface area (Å²) in [6, 6.07) is 23.0. The summed E-state index contributed by atoms with van der Waals surface area (Å²) in [5.41, 5.74) is 3.82. The smallest absolute Gasteiger partial charge is 0.344 e. The second kappa shape index (κ2) is 9.58. The topological polar surface area (TPSA) is 68.1 Å². The van der Waals surface area contributed by atoms with Crippen molar-refractivity contribution >= 4 is 23.8 Å². The van der Waals surface area contributed by atoms with Crippen molar-refractivity contribution in [3.63, 3.8) is 0 Å². The molecule has 3 rings (SSSR count). The molecular formula is C22H18ClNO4. The van der Waals surface area contributed by atoms with E-state index in [0.29, 0.717) is 11.6 Å². The summed E-state index contributed by atoms with van der Waals surface area (Å²) in [5, 5.41) is 12.9. The van der Waals surface area contributed by atoms with Crippen LogP contribution in [0.3, 0.4) is 0 Å². The number of hydrogen-bond acceptors (Lipinski definition) is 4. The van der Waals surface area contributed by atoms with E-state index in [1.54, 1.807) is 0 Å². The van der Waals surface area contributed by atoms with Crippen LogP contribution in [0.5, 0.6) is 5.75 Å². The van der Waals surface area contributed by atoms with E-state index in [4.69, 9.17) is 21.4 Å². The lowest BCUT2D eigenvalue weighted by Crippen LogP contribution is -2.03. The standard InChI is InChI=1S/C22H18ClNO4/c23-20-9-7-16(8-10-20)14-27-21-6-2-5-19(12-21)18-4-1-3-17(11-18)13-24-28-15-22(25)26/h1-13H,14-15H2,(H,25,26). The van der Waals surface area contributed by atoms with Gasteiger partial charge >= 0.3 is 5.97 Å². The maximum atomic E-state index is 10.4. The molecule has 0 spiro atoms. The summed E-state index contributed by atoms with van der Waals surface area (Å²) in [6.45, 7) is -0.0164. The van der Waals surface area contributed by atoms with Crippen molar-refractivity contribution in [1.82, 2.24) is 0 Å². The average Bonchev–Trinajstić information content (AvgIpc) is 2.71. The first-order chi connectivity index (χ1) is 13.6. The van der Waals surface area contributed by atoms with E-state index in [1.165, 1.54) is 6.21 Å². The molecule has 0 aliphatic rings. The number of oxime groups is 1. The zero-order chi connectivity index (χ0) is 19.8. The molecule has 0 unspecified atom stereocenters. The van der Waals surface area contributed by atoms with Gasteiger partial charge in [-0.15, -0.1) is 0 Å². The lowest BCUT2D eigenvalue weighted by molar-refractivity contribution is -0.142. The third-order valence-corrected chi connectivity index (χ3v) is 4.09. The lowest BCUT2D eigenvalue weighted by Gasteiger charge is -2.09. The van der Waals surface area contributed by atoms with E-state index in [-0.39, 0.29) is 0 Å². The van der Waals surface area contributed by atoms with Crippen molar-refractivity contribution < 1.29 is 19.5 Å². The van der Waals surface area contributed by atoms with Gasteiger partial charge in [0.05, 0.1) is 6.21 Å². The van der Waals surface area contributed by atoms with E-state index < -0.39 is 12.6 Å². The number of carboxylic acids is 1. The van der Waals surface area contributed by atoms with Crippen LogP contribution in [0.2, 0.25) is 5.02 Å². The van der Waals surface area contributed by atoms with Gasteiger partial charge in [-0.05, 0) is 52.6 Å². The van der Waals surface area contributed by atoms with Crippen molar-refractivity contribution in [2.24, 2.45) is 5.16 Å². The van der Waals surface area contributed by atoms with E-state index in [2.05, 4.69) is 9.99 Å². The van der Waals surface area contributed by atoms with E-state index in [1.807, 2.05) is 72.8 Å². The Balaban J connectivity index is 1.68. The van der Waals surface area contributed by atoms with Crippen molar-refractivity contribution in [2.75, 3.05) is 6.61 Å². The SMILES string of the molecule is O=C(O)CON=Cc1cccc(-c2cccc(OCc3ccc(Cl)cc3)c2)c1. The number of carboxylic acid groups (broad SMARTS) is 1. The fourth-order valence-electron chi connectivity index (χ4n) is 2.50. The van der Waals surface area contributed by atoms with Crippen LogP contribution in [0.15, 0.2) is 78.0 Å². The minimum Gasteiger partial charge on any atom is -0.489 e. The van der Waals surface area contributed by atoms with Crippen LogP contribution < -0.4 is 4.74 Å². The predicted octanol–water partition coefficient (Wildman–Crippen LogP) is 5.02. The molecule has 0 heterocycles. The zero-order valence-electron chi connectivity index (χ0n) is 14.9. The maximum absolute atomic E-state index is 10.4. The monoisotopic (exact) mass is 395 g/mol. The Morgan fingerprint density at radius 3 is 2.46 bits per heavy atom. The first-order valence-electron chi connectivity index (χ1n) is 8.55. The molecule has 0 radical (unpaired) electrons. The van der Waals surface area contributed by atoms with Gasteiger partial charge in [0.1, 0.15) is 12.4 Å². The van der Waals surface area contributed by atoms with Gasteiger partial charge in [0.15, 0.2) is 0 Å². The highest BCUT2D eigenvalue weighted by Crippen LogP contribution is 2.25. The molecule has 142 valence electrons. The largest absolute Gasteiger partial charge is 0.489 e. The minimum atomic E-state index is -1.07. The van der Waals surface area contributed by atoms with Gasteiger partial charge in [0, 0.05) is 5.02 Å². The van der Waals surface area contributed by atoms with Gasteiger partial charge in [-0.2, -0.15) is 0 Å². The first-order valence-corrected chi connectivity index (χ1v) is 8.93. The van der Waals surface area contributed by atoms with Crippen LogP contribution in [0.1, 0.15) is 11.1 Å². The molecule has 0 bridgehead atoms. The molecule has 6 heteroatoms. The Morgan fingerprint density at radius 2 is 1.71 bits per heavy atom. The number of ether oxygens (including phenoxy) is 1. The van der Waals surface area contributed by atoms with Crippen LogP contribution in [0.25, 0.3) is 11.1 Å². The van der Waals surface area contributed by atoms with Crippen molar-refractivity contribution in [2.45, 2.75) is 6.61 Å². The second-order valence-corrected chi connectivity index (χ2v) is 6.41. The molecule has 0 fully saturated rings. The normalized spacial score (nSPS) is 10.8. The molecule has 3 aromatic rings. The molecule has 0 saturated heterocycles. The number of benzene rings is 3. The summed E-state index contributed by atoms with van der Waals surface area (Å²) >= 11 is 5.90. The first kappa shape index (κ1) is 19.5. The van der Waals surface area contributed by atoms with E-state index in [9.17, 15) is 4.79 Å². The van der Waals surface area contributed by atoms with Crippen LogP contribution in [0.4, 0.5) is 0 Å². The summed E-state index contributed by atoms with van der Waals surface area (Å²) in [5.74, 6) is -0.308.